The second-order valence-corrected chi connectivity index (χ2v) is 7.22. The highest BCUT2D eigenvalue weighted by molar-refractivity contribution is 5.71. The molecule has 5 nitrogen and oxygen atoms in total. The Bertz CT molecular complexity index is 809. The van der Waals surface area contributed by atoms with Crippen LogP contribution < -0.4 is 10.4 Å². The van der Waals surface area contributed by atoms with Gasteiger partial charge in [0.05, 0.1) is 19.8 Å². The lowest BCUT2D eigenvalue weighted by Gasteiger charge is -2.26. The first-order valence-electron chi connectivity index (χ1n) is 10.00. The fraction of sp³-hybridized carbons (Fsp3) is 0.500. The monoisotopic (exact) mass is 369 g/mol. The lowest BCUT2D eigenvalue weighted by molar-refractivity contribution is 0.0357. The van der Waals surface area contributed by atoms with Crippen LogP contribution in [0.5, 0.6) is 5.75 Å². The minimum atomic E-state index is -0.287. The molecule has 0 spiro atoms. The predicted octanol–water partition coefficient (Wildman–Crippen LogP) is 3.29. The molecule has 1 aromatic carbocycles. The molecule has 0 amide bonds. The molecule has 2 aliphatic rings. The van der Waals surface area contributed by atoms with Gasteiger partial charge in [-0.05, 0) is 31.2 Å². The first-order valence-corrected chi connectivity index (χ1v) is 10.00. The third-order valence-corrected chi connectivity index (χ3v) is 5.37. The Balaban J connectivity index is 1.55. The highest BCUT2D eigenvalue weighted by Gasteiger charge is 2.24. The number of benzene rings is 1. The van der Waals surface area contributed by atoms with E-state index in [1.165, 1.54) is 0 Å². The van der Waals surface area contributed by atoms with E-state index in [0.29, 0.717) is 12.2 Å². The van der Waals surface area contributed by atoms with Gasteiger partial charge in [0.15, 0.2) is 0 Å². The maximum absolute atomic E-state index is 12.7. The molecule has 1 aliphatic heterocycles. The molecule has 0 N–H and O–H groups in total. The molecule has 1 aromatic heterocycles. The van der Waals surface area contributed by atoms with Crippen molar-refractivity contribution in [3.63, 3.8) is 0 Å². The highest BCUT2D eigenvalue weighted by Crippen LogP contribution is 2.36. The maximum atomic E-state index is 12.7. The van der Waals surface area contributed by atoms with Crippen LogP contribution in [-0.2, 0) is 17.6 Å². The van der Waals surface area contributed by atoms with Crippen LogP contribution in [0.4, 0.5) is 0 Å². The molecule has 1 saturated heterocycles. The second-order valence-electron chi connectivity index (χ2n) is 7.22. The zero-order valence-corrected chi connectivity index (χ0v) is 15.7. The van der Waals surface area contributed by atoms with Crippen LogP contribution in [-0.4, -0.2) is 44.4 Å². The number of ether oxygens (including phenoxy) is 2. The van der Waals surface area contributed by atoms with Gasteiger partial charge in [0, 0.05) is 31.6 Å². The van der Waals surface area contributed by atoms with Gasteiger partial charge in [-0.2, -0.15) is 0 Å². The van der Waals surface area contributed by atoms with E-state index in [2.05, 4.69) is 4.90 Å². The summed E-state index contributed by atoms with van der Waals surface area (Å²) in [6, 6.07) is 9.73. The van der Waals surface area contributed by atoms with Crippen molar-refractivity contribution in [2.45, 2.75) is 32.1 Å². The van der Waals surface area contributed by atoms with Gasteiger partial charge < -0.3 is 13.9 Å². The van der Waals surface area contributed by atoms with E-state index in [0.717, 1.165) is 87.6 Å². The van der Waals surface area contributed by atoms with Crippen LogP contribution in [0.3, 0.4) is 0 Å². The Morgan fingerprint density at radius 2 is 1.81 bits per heavy atom. The number of hydrogen-bond donors (Lipinski definition) is 0. The zero-order chi connectivity index (χ0) is 18.5. The van der Waals surface area contributed by atoms with Crippen LogP contribution in [0.15, 0.2) is 39.5 Å². The summed E-state index contributed by atoms with van der Waals surface area (Å²) < 4.78 is 17.3. The maximum Gasteiger partial charge on any atom is 0.347 e. The van der Waals surface area contributed by atoms with Crippen molar-refractivity contribution >= 4 is 0 Å². The van der Waals surface area contributed by atoms with Gasteiger partial charge in [-0.3, -0.25) is 4.90 Å². The molecule has 0 bridgehead atoms. The van der Waals surface area contributed by atoms with Crippen molar-refractivity contribution in [3.8, 4) is 16.9 Å². The van der Waals surface area contributed by atoms with E-state index in [9.17, 15) is 4.79 Å². The van der Waals surface area contributed by atoms with Gasteiger partial charge in [0.2, 0.25) is 0 Å². The molecule has 0 saturated carbocycles. The van der Waals surface area contributed by atoms with E-state index in [4.69, 9.17) is 13.9 Å². The van der Waals surface area contributed by atoms with Crippen molar-refractivity contribution in [1.82, 2.24) is 4.90 Å². The molecule has 27 heavy (non-hydrogen) atoms. The average Bonchev–Trinajstić information content (AvgIpc) is 2.72. The van der Waals surface area contributed by atoms with Gasteiger partial charge in [-0.25, -0.2) is 4.79 Å². The Kier molecular flexibility index (Phi) is 5.90. The molecule has 0 atom stereocenters. The van der Waals surface area contributed by atoms with Crippen molar-refractivity contribution < 1.29 is 13.9 Å². The fourth-order valence-corrected chi connectivity index (χ4v) is 3.94. The summed E-state index contributed by atoms with van der Waals surface area (Å²) in [6.07, 6.45) is 4.85. The summed E-state index contributed by atoms with van der Waals surface area (Å²) in [5, 5.41) is 0. The summed E-state index contributed by atoms with van der Waals surface area (Å²) in [6.45, 7) is 5.19. The summed E-state index contributed by atoms with van der Waals surface area (Å²) in [5.41, 5.74) is 2.24. The second kappa shape index (κ2) is 8.72. The van der Waals surface area contributed by atoms with Gasteiger partial charge in [0.1, 0.15) is 17.1 Å². The molecular weight excluding hydrogens is 342 g/mol. The Morgan fingerprint density at radius 1 is 1.04 bits per heavy atom. The van der Waals surface area contributed by atoms with Crippen molar-refractivity contribution in [2.24, 2.45) is 0 Å². The first-order chi connectivity index (χ1) is 13.3. The Morgan fingerprint density at radius 3 is 2.63 bits per heavy atom. The van der Waals surface area contributed by atoms with E-state index >= 15 is 0 Å². The van der Waals surface area contributed by atoms with Gasteiger partial charge >= 0.3 is 5.63 Å². The highest BCUT2D eigenvalue weighted by atomic mass is 16.5. The Hall–Kier alpha value is -2.11. The van der Waals surface area contributed by atoms with Crippen molar-refractivity contribution in [1.29, 1.82) is 0 Å². The van der Waals surface area contributed by atoms with Crippen LogP contribution in [0.25, 0.3) is 11.1 Å². The SMILES string of the molecule is O=c1oc2c(c(OCCCN3CCOCC3)c1-c1ccccc1)CCCC2. The Labute approximate surface area is 159 Å². The van der Waals surface area contributed by atoms with E-state index in [-0.39, 0.29) is 5.63 Å². The van der Waals surface area contributed by atoms with E-state index in [1.54, 1.807) is 0 Å². The van der Waals surface area contributed by atoms with E-state index in [1.807, 2.05) is 30.3 Å². The summed E-state index contributed by atoms with van der Waals surface area (Å²) in [4.78, 5) is 15.1. The van der Waals surface area contributed by atoms with Crippen LogP contribution >= 0.6 is 0 Å². The molecule has 144 valence electrons. The molecule has 5 heteroatoms. The van der Waals surface area contributed by atoms with Crippen molar-refractivity contribution in [2.75, 3.05) is 39.5 Å². The minimum absolute atomic E-state index is 0.287. The summed E-state index contributed by atoms with van der Waals surface area (Å²) in [5.74, 6) is 1.56. The largest absolute Gasteiger partial charge is 0.492 e. The van der Waals surface area contributed by atoms with Gasteiger partial charge in [-0.1, -0.05) is 30.3 Å². The van der Waals surface area contributed by atoms with E-state index < -0.39 is 0 Å². The molecule has 1 aliphatic carbocycles. The molecule has 2 aromatic rings. The summed E-state index contributed by atoms with van der Waals surface area (Å²) in [7, 11) is 0. The molecule has 0 radical (unpaired) electrons. The standard InChI is InChI=1S/C22H27NO4/c24-22-20(17-7-2-1-3-8-17)21(18-9-4-5-10-19(18)27-22)26-14-6-11-23-12-15-25-16-13-23/h1-3,7-8H,4-6,9-16H2. The fourth-order valence-electron chi connectivity index (χ4n) is 3.94. The number of nitrogens with zero attached hydrogens (tertiary/aromatic N) is 1. The topological polar surface area (TPSA) is 51.9 Å². The van der Waals surface area contributed by atoms with Crippen LogP contribution in [0.2, 0.25) is 0 Å². The van der Waals surface area contributed by atoms with Crippen molar-refractivity contribution in [3.05, 3.63) is 52.1 Å². The normalized spacial score (nSPS) is 17.5. The third kappa shape index (κ3) is 4.25. The number of fused-ring (bicyclic) bond motifs is 1. The smallest absolute Gasteiger partial charge is 0.347 e. The molecule has 2 heterocycles. The lowest BCUT2D eigenvalue weighted by Crippen LogP contribution is -2.37. The number of morpholine rings is 1. The molecule has 0 unspecified atom stereocenters. The van der Waals surface area contributed by atoms with Gasteiger partial charge in [0.25, 0.3) is 0 Å². The molecule has 4 rings (SSSR count). The van der Waals surface area contributed by atoms with Crippen LogP contribution in [0, 0.1) is 0 Å². The third-order valence-electron chi connectivity index (χ3n) is 5.37. The summed E-state index contributed by atoms with van der Waals surface area (Å²) >= 11 is 0. The van der Waals surface area contributed by atoms with Crippen LogP contribution in [0.1, 0.15) is 30.6 Å². The van der Waals surface area contributed by atoms with Gasteiger partial charge in [-0.15, -0.1) is 0 Å². The number of aryl methyl sites for hydroxylation is 1. The minimum Gasteiger partial charge on any atom is -0.492 e. The first kappa shape index (κ1) is 18.3. The number of hydrogen-bond acceptors (Lipinski definition) is 5. The lowest BCUT2D eigenvalue weighted by atomic mass is 9.93. The zero-order valence-electron chi connectivity index (χ0n) is 15.7. The quantitative estimate of drug-likeness (QED) is 0.732. The predicted molar refractivity (Wildman–Crippen MR) is 104 cm³/mol. The molecular formula is C22H27NO4. The average molecular weight is 369 g/mol. The number of rotatable bonds is 6. The molecule has 1 fully saturated rings.